The summed E-state index contributed by atoms with van der Waals surface area (Å²) in [6.45, 7) is 3.04. The second-order valence-electron chi connectivity index (χ2n) is 9.21. The SMILES string of the molecule is CCCCCCOc1ccccc1C(O)N(CCc1ccccn1)C(=O)c1ccc(-c2cccnc2)cc1. The molecule has 2 aromatic heterocycles. The fraction of sp³-hybridized carbons (Fsp3) is 0.281. The average molecular weight is 510 g/mol. The fourth-order valence-corrected chi connectivity index (χ4v) is 4.32. The Kier molecular flexibility index (Phi) is 9.99. The summed E-state index contributed by atoms with van der Waals surface area (Å²) in [5.41, 5.74) is 3.87. The molecule has 2 aromatic carbocycles. The molecule has 1 atom stereocenters. The number of carbonyl (C=O) groups is 1. The maximum absolute atomic E-state index is 13.8. The lowest BCUT2D eigenvalue weighted by Crippen LogP contribution is -2.37. The van der Waals surface area contributed by atoms with Gasteiger partial charge in [-0.25, -0.2) is 0 Å². The van der Waals surface area contributed by atoms with Crippen molar-refractivity contribution >= 4 is 5.91 Å². The summed E-state index contributed by atoms with van der Waals surface area (Å²) in [6.07, 6.45) is 8.97. The van der Waals surface area contributed by atoms with Crippen LogP contribution in [0.15, 0.2) is 97.5 Å². The lowest BCUT2D eigenvalue weighted by Gasteiger charge is -2.29. The molecule has 1 unspecified atom stereocenters. The van der Waals surface area contributed by atoms with Crippen molar-refractivity contribution in [3.8, 4) is 16.9 Å². The Morgan fingerprint density at radius 1 is 0.895 bits per heavy atom. The van der Waals surface area contributed by atoms with Crippen LogP contribution in [0.5, 0.6) is 5.75 Å². The summed E-state index contributed by atoms with van der Waals surface area (Å²) in [5, 5.41) is 11.5. The Morgan fingerprint density at radius 3 is 2.45 bits per heavy atom. The number of aromatic nitrogens is 2. The molecule has 2 heterocycles. The number of hydrogen-bond acceptors (Lipinski definition) is 5. The highest BCUT2D eigenvalue weighted by Gasteiger charge is 2.27. The van der Waals surface area contributed by atoms with Crippen LogP contribution in [0.2, 0.25) is 0 Å². The number of benzene rings is 2. The minimum absolute atomic E-state index is 0.260. The second kappa shape index (κ2) is 14.1. The molecule has 4 rings (SSSR count). The average Bonchev–Trinajstić information content (AvgIpc) is 2.98. The van der Waals surface area contributed by atoms with Crippen LogP contribution in [-0.2, 0) is 6.42 Å². The van der Waals surface area contributed by atoms with Crippen molar-refractivity contribution in [3.05, 3.63) is 114 Å². The standard InChI is InChI=1S/C32H35N3O3/c1-2-3-4-9-23-38-30-14-6-5-13-29(30)32(37)35(22-19-28-12-7-8-21-34-28)31(36)26-17-15-25(16-18-26)27-11-10-20-33-24-27/h5-8,10-18,20-21,24,32,37H,2-4,9,19,22-23H2,1H3. The van der Waals surface area contributed by atoms with Crippen LogP contribution in [0.4, 0.5) is 0 Å². The summed E-state index contributed by atoms with van der Waals surface area (Å²) in [6, 6.07) is 24.4. The van der Waals surface area contributed by atoms with Gasteiger partial charge in [0.25, 0.3) is 5.91 Å². The minimum atomic E-state index is -1.17. The summed E-state index contributed by atoms with van der Waals surface area (Å²) in [7, 11) is 0. The molecule has 0 radical (unpaired) electrons. The van der Waals surface area contributed by atoms with Crippen LogP contribution >= 0.6 is 0 Å². The van der Waals surface area contributed by atoms with Gasteiger partial charge in [0.2, 0.25) is 0 Å². The van der Waals surface area contributed by atoms with Gasteiger partial charge in [0.05, 0.1) is 6.61 Å². The molecule has 0 aliphatic carbocycles. The fourth-order valence-electron chi connectivity index (χ4n) is 4.32. The highest BCUT2D eigenvalue weighted by molar-refractivity contribution is 5.95. The van der Waals surface area contributed by atoms with Crippen molar-refractivity contribution in [1.29, 1.82) is 0 Å². The monoisotopic (exact) mass is 509 g/mol. The van der Waals surface area contributed by atoms with Gasteiger partial charge in [-0.1, -0.05) is 68.7 Å². The Balaban J connectivity index is 1.56. The summed E-state index contributed by atoms with van der Waals surface area (Å²) in [5.74, 6) is 0.336. The first-order valence-corrected chi connectivity index (χ1v) is 13.3. The molecular weight excluding hydrogens is 474 g/mol. The third-order valence-electron chi connectivity index (χ3n) is 6.47. The van der Waals surface area contributed by atoms with Gasteiger partial charge in [-0.15, -0.1) is 0 Å². The first-order chi connectivity index (χ1) is 18.7. The van der Waals surface area contributed by atoms with Crippen molar-refractivity contribution in [1.82, 2.24) is 14.9 Å². The highest BCUT2D eigenvalue weighted by atomic mass is 16.5. The number of rotatable bonds is 13. The molecule has 6 heteroatoms. The predicted octanol–water partition coefficient (Wildman–Crippen LogP) is 6.48. The van der Waals surface area contributed by atoms with E-state index in [4.69, 9.17) is 4.74 Å². The van der Waals surface area contributed by atoms with Crippen molar-refractivity contribution in [2.24, 2.45) is 0 Å². The van der Waals surface area contributed by atoms with Crippen LogP contribution in [0, 0.1) is 0 Å². The summed E-state index contributed by atoms with van der Waals surface area (Å²) >= 11 is 0. The van der Waals surface area contributed by atoms with Crippen molar-refractivity contribution in [2.45, 2.75) is 45.3 Å². The molecule has 0 bridgehead atoms. The van der Waals surface area contributed by atoms with Crippen molar-refractivity contribution < 1.29 is 14.6 Å². The molecular formula is C32H35N3O3. The summed E-state index contributed by atoms with van der Waals surface area (Å²) in [4.78, 5) is 23.8. The predicted molar refractivity (Wildman–Crippen MR) is 150 cm³/mol. The molecule has 4 aromatic rings. The van der Waals surface area contributed by atoms with Crippen LogP contribution < -0.4 is 4.74 Å². The number of pyridine rings is 2. The summed E-state index contributed by atoms with van der Waals surface area (Å²) < 4.78 is 6.05. The number of aliphatic hydroxyl groups excluding tert-OH is 1. The van der Waals surface area contributed by atoms with Crippen LogP contribution in [0.25, 0.3) is 11.1 Å². The van der Waals surface area contributed by atoms with Crippen LogP contribution in [0.3, 0.4) is 0 Å². The van der Waals surface area contributed by atoms with Gasteiger partial charge >= 0.3 is 0 Å². The smallest absolute Gasteiger partial charge is 0.256 e. The zero-order valence-corrected chi connectivity index (χ0v) is 21.9. The minimum Gasteiger partial charge on any atom is -0.493 e. The first kappa shape index (κ1) is 27.0. The van der Waals surface area contributed by atoms with E-state index in [1.807, 2.05) is 66.7 Å². The molecule has 6 nitrogen and oxygen atoms in total. The quantitative estimate of drug-likeness (QED) is 0.165. The molecule has 38 heavy (non-hydrogen) atoms. The van der Waals surface area contributed by atoms with Crippen molar-refractivity contribution in [2.75, 3.05) is 13.2 Å². The number of unbranched alkanes of at least 4 members (excludes halogenated alkanes) is 3. The normalized spacial score (nSPS) is 11.6. The molecule has 0 spiro atoms. The van der Waals surface area contributed by atoms with Gasteiger partial charge in [-0.3, -0.25) is 14.8 Å². The Labute approximate surface area is 225 Å². The molecule has 0 fully saturated rings. The zero-order chi connectivity index (χ0) is 26.6. The van der Waals surface area contributed by atoms with Gasteiger partial charge in [0.1, 0.15) is 5.75 Å². The van der Waals surface area contributed by atoms with Gasteiger partial charge in [-0.05, 0) is 53.9 Å². The van der Waals surface area contributed by atoms with E-state index in [2.05, 4.69) is 16.9 Å². The largest absolute Gasteiger partial charge is 0.493 e. The molecule has 0 aliphatic rings. The number of amides is 1. The number of nitrogens with zero attached hydrogens (tertiary/aromatic N) is 3. The zero-order valence-electron chi connectivity index (χ0n) is 21.9. The Hall–Kier alpha value is -4.03. The van der Waals surface area contributed by atoms with E-state index in [1.165, 1.54) is 11.3 Å². The lowest BCUT2D eigenvalue weighted by atomic mass is 10.0. The van der Waals surface area contributed by atoms with Gasteiger partial charge in [0.15, 0.2) is 6.23 Å². The van der Waals surface area contributed by atoms with Crippen LogP contribution in [0.1, 0.15) is 60.5 Å². The van der Waals surface area contributed by atoms with E-state index in [1.54, 1.807) is 30.7 Å². The topological polar surface area (TPSA) is 75.6 Å². The van der Waals surface area contributed by atoms with E-state index in [0.29, 0.717) is 36.4 Å². The number of ether oxygens (including phenoxy) is 1. The van der Waals surface area contributed by atoms with E-state index in [-0.39, 0.29) is 5.91 Å². The van der Waals surface area contributed by atoms with Crippen molar-refractivity contribution in [3.63, 3.8) is 0 Å². The van der Waals surface area contributed by atoms with Gasteiger partial charge in [0, 0.05) is 48.4 Å². The second-order valence-corrected chi connectivity index (χ2v) is 9.21. The van der Waals surface area contributed by atoms with E-state index in [9.17, 15) is 9.90 Å². The molecule has 0 saturated heterocycles. The lowest BCUT2D eigenvalue weighted by molar-refractivity contribution is 0.00538. The molecule has 1 amide bonds. The van der Waals surface area contributed by atoms with Crippen LogP contribution in [-0.4, -0.2) is 39.0 Å². The molecule has 196 valence electrons. The van der Waals surface area contributed by atoms with E-state index < -0.39 is 6.23 Å². The molecule has 0 aliphatic heterocycles. The number of carbonyl (C=O) groups excluding carboxylic acids is 1. The van der Waals surface area contributed by atoms with E-state index >= 15 is 0 Å². The number of hydrogen-bond donors (Lipinski definition) is 1. The maximum Gasteiger partial charge on any atom is 0.256 e. The Bertz CT molecular complexity index is 1260. The maximum atomic E-state index is 13.8. The van der Waals surface area contributed by atoms with Gasteiger partial charge in [-0.2, -0.15) is 0 Å². The van der Waals surface area contributed by atoms with E-state index in [0.717, 1.165) is 36.1 Å². The van der Waals surface area contributed by atoms with Gasteiger partial charge < -0.3 is 14.7 Å². The molecule has 0 saturated carbocycles. The third kappa shape index (κ3) is 7.26. The Morgan fingerprint density at radius 2 is 1.71 bits per heavy atom. The highest BCUT2D eigenvalue weighted by Crippen LogP contribution is 2.30. The third-order valence-corrected chi connectivity index (χ3v) is 6.47. The number of para-hydroxylation sites is 1. The molecule has 1 N–H and O–H groups in total. The number of aliphatic hydroxyl groups is 1. The first-order valence-electron chi connectivity index (χ1n) is 13.3.